The van der Waals surface area contributed by atoms with E-state index in [1.165, 1.54) is 30.7 Å². The number of amides is 2. The van der Waals surface area contributed by atoms with Gasteiger partial charge < -0.3 is 38.8 Å². The van der Waals surface area contributed by atoms with Crippen molar-refractivity contribution in [1.29, 1.82) is 5.26 Å². The molecule has 0 radical (unpaired) electrons. The lowest BCUT2D eigenvalue weighted by Gasteiger charge is -2.61. The second kappa shape index (κ2) is 14.7. The second-order valence-electron chi connectivity index (χ2n) is 16.8. The van der Waals surface area contributed by atoms with Crippen LogP contribution in [0, 0.1) is 25.2 Å². The normalized spacial score (nSPS) is 28.7. The maximum Gasteiger partial charge on any atom is 0.410 e. The average molecular weight is 820 g/mol. The lowest BCUT2D eigenvalue weighted by Crippen LogP contribution is -2.69. The predicted octanol–water partition coefficient (Wildman–Crippen LogP) is 4.12. The number of phenols is 1. The van der Waals surface area contributed by atoms with Gasteiger partial charge in [0.25, 0.3) is 0 Å². The number of ether oxygens (including phenoxy) is 6. The first kappa shape index (κ1) is 39.9. The molecule has 3 fully saturated rings. The van der Waals surface area contributed by atoms with Crippen LogP contribution >= 0.6 is 11.8 Å². The molecule has 0 aromatic heterocycles. The highest BCUT2D eigenvalue weighted by Crippen LogP contribution is 2.64. The molecule has 0 unspecified atom stereocenters. The van der Waals surface area contributed by atoms with E-state index >= 15 is 0 Å². The summed E-state index contributed by atoms with van der Waals surface area (Å²) in [5.41, 5.74) is 3.31. The van der Waals surface area contributed by atoms with E-state index in [9.17, 15) is 29.5 Å². The molecule has 7 heterocycles. The van der Waals surface area contributed by atoms with Gasteiger partial charge in [-0.3, -0.25) is 24.3 Å². The Morgan fingerprint density at radius 2 is 1.83 bits per heavy atom. The lowest BCUT2D eigenvalue weighted by molar-refractivity contribution is -0.153. The van der Waals surface area contributed by atoms with Crippen LogP contribution in [0.25, 0.3) is 0 Å². The number of fused-ring (bicyclic) bond motifs is 10. The molecule has 2 N–H and O–H groups in total. The topological polar surface area (TPSA) is 189 Å². The van der Waals surface area contributed by atoms with Crippen molar-refractivity contribution in [2.24, 2.45) is 0 Å². The van der Waals surface area contributed by atoms with Crippen LogP contribution in [0.3, 0.4) is 0 Å². The third-order valence-electron chi connectivity index (χ3n) is 12.2. The van der Waals surface area contributed by atoms with Crippen molar-refractivity contribution in [2.45, 2.75) is 114 Å². The van der Waals surface area contributed by atoms with Crippen LogP contribution < -0.4 is 24.3 Å². The van der Waals surface area contributed by atoms with Crippen LogP contribution in [0.5, 0.6) is 28.7 Å². The summed E-state index contributed by atoms with van der Waals surface area (Å²) in [4.78, 5) is 59.7. The van der Waals surface area contributed by atoms with Gasteiger partial charge in [-0.25, -0.2) is 9.59 Å². The zero-order valence-corrected chi connectivity index (χ0v) is 34.7. The molecule has 310 valence electrons. The van der Waals surface area contributed by atoms with E-state index in [-0.39, 0.29) is 36.7 Å². The summed E-state index contributed by atoms with van der Waals surface area (Å²) in [6, 6.07) is -0.370. The quantitative estimate of drug-likeness (QED) is 0.331. The number of rotatable bonds is 4. The number of methoxy groups -OCH3 is 1. The molecule has 58 heavy (non-hydrogen) atoms. The Hall–Kier alpha value is -4.92. The first-order valence-electron chi connectivity index (χ1n) is 19.6. The standard InChI is InChI=1S/C41H49N5O11S/c1-18-12-21-13-24-25(14-42)46-26-15-53-39(50)22(43-38(49)23-10-9-11-45(23)40(51)57-41(4,5)6)16-58-37(31(46)30(44(24)7)27(21)32(48)33(18)52-8)29-28(26)36-35(54-17-55-36)19(2)34(29)56-20(3)47/h12,22-26,30-31,37,48H,9-11,13,15-17H2,1-8H3,(H,43,49)/t22-,23-,24-,25-,26-,30+,31+,37+/m0/s1. The van der Waals surface area contributed by atoms with Gasteiger partial charge in [-0.15, -0.1) is 11.8 Å². The van der Waals surface area contributed by atoms with E-state index in [0.717, 1.165) is 11.1 Å². The minimum absolute atomic E-state index is 0.00296. The third-order valence-corrected chi connectivity index (χ3v) is 13.6. The zero-order valence-electron chi connectivity index (χ0n) is 33.9. The van der Waals surface area contributed by atoms with Crippen molar-refractivity contribution < 1.29 is 52.7 Å². The number of likely N-dealkylation sites (tertiary alicyclic amines) is 1. The number of carbonyl (C=O) groups is 4. The van der Waals surface area contributed by atoms with Crippen molar-refractivity contribution in [3.8, 4) is 34.8 Å². The molecule has 7 aliphatic rings. The van der Waals surface area contributed by atoms with Gasteiger partial charge in [0.1, 0.15) is 36.1 Å². The Morgan fingerprint density at radius 3 is 2.52 bits per heavy atom. The van der Waals surface area contributed by atoms with Gasteiger partial charge in [-0.2, -0.15) is 5.26 Å². The highest BCUT2D eigenvalue weighted by molar-refractivity contribution is 7.99. The van der Waals surface area contributed by atoms with Gasteiger partial charge >= 0.3 is 18.0 Å². The minimum atomic E-state index is -1.14. The van der Waals surface area contributed by atoms with Crippen molar-refractivity contribution in [1.82, 2.24) is 20.0 Å². The summed E-state index contributed by atoms with van der Waals surface area (Å²) in [7, 11) is 3.46. The number of thioether (sulfide) groups is 1. The fraction of sp³-hybridized carbons (Fsp3) is 0.585. The molecule has 9 rings (SSSR count). The maximum absolute atomic E-state index is 14.1. The number of esters is 2. The first-order chi connectivity index (χ1) is 27.6. The molecule has 0 aliphatic carbocycles. The predicted molar refractivity (Wildman–Crippen MR) is 208 cm³/mol. The largest absolute Gasteiger partial charge is 0.504 e. The summed E-state index contributed by atoms with van der Waals surface area (Å²) in [6.07, 6.45) is 0.828. The maximum atomic E-state index is 14.1. The van der Waals surface area contributed by atoms with Gasteiger partial charge in [0.2, 0.25) is 12.7 Å². The Kier molecular flexibility index (Phi) is 10.1. The molecular formula is C41H49N5O11S. The smallest absolute Gasteiger partial charge is 0.410 e. The molecule has 0 spiro atoms. The molecular weight excluding hydrogens is 771 g/mol. The summed E-state index contributed by atoms with van der Waals surface area (Å²) in [6.45, 7) is 10.2. The number of carbonyl (C=O) groups excluding carboxylic acids is 4. The number of hydrogen-bond acceptors (Lipinski definition) is 15. The number of nitrogens with one attached hydrogen (secondary N) is 1. The lowest BCUT2D eigenvalue weighted by atomic mass is 9.71. The Morgan fingerprint density at radius 1 is 1.09 bits per heavy atom. The molecule has 2 amide bonds. The van der Waals surface area contributed by atoms with Crippen molar-refractivity contribution >= 4 is 35.7 Å². The Bertz CT molecular complexity index is 2130. The van der Waals surface area contributed by atoms with Crippen molar-refractivity contribution in [3.63, 3.8) is 0 Å². The number of aryl methyl sites for hydroxylation is 1. The zero-order chi connectivity index (χ0) is 41.5. The van der Waals surface area contributed by atoms with Gasteiger partial charge in [-0.1, -0.05) is 6.07 Å². The van der Waals surface area contributed by atoms with Crippen LogP contribution in [0.2, 0.25) is 0 Å². The number of aromatic hydroxyl groups is 1. The molecule has 17 heteroatoms. The fourth-order valence-electron chi connectivity index (χ4n) is 9.91. The van der Waals surface area contributed by atoms with Crippen molar-refractivity contribution in [3.05, 3.63) is 39.4 Å². The van der Waals surface area contributed by atoms with Crippen LogP contribution in [-0.4, -0.2) is 119 Å². The molecule has 16 nitrogen and oxygen atoms in total. The number of phenolic OH excluding ortho intramolecular Hbond substituents is 1. The van der Waals surface area contributed by atoms with Gasteiger partial charge in [0, 0.05) is 53.6 Å². The number of benzene rings is 2. The summed E-state index contributed by atoms with van der Waals surface area (Å²) >= 11 is 1.35. The fourth-order valence-corrected chi connectivity index (χ4v) is 11.4. The molecule has 3 saturated heterocycles. The summed E-state index contributed by atoms with van der Waals surface area (Å²) in [5, 5.41) is 25.3. The number of nitrogens with zero attached hydrogens (tertiary/aromatic N) is 4. The highest BCUT2D eigenvalue weighted by Gasteiger charge is 2.61. The second-order valence-corrected chi connectivity index (χ2v) is 17.9. The van der Waals surface area contributed by atoms with Crippen molar-refractivity contribution in [2.75, 3.05) is 39.9 Å². The average Bonchev–Trinajstić information content (AvgIpc) is 3.85. The van der Waals surface area contributed by atoms with E-state index in [1.54, 1.807) is 27.7 Å². The first-order valence-corrected chi connectivity index (χ1v) is 20.6. The third kappa shape index (κ3) is 6.35. The van der Waals surface area contributed by atoms with Gasteiger partial charge in [-0.05, 0) is 72.1 Å². The highest BCUT2D eigenvalue weighted by atomic mass is 32.2. The molecule has 2 aromatic rings. The van der Waals surface area contributed by atoms with Gasteiger partial charge in [0.05, 0.1) is 30.5 Å². The van der Waals surface area contributed by atoms with E-state index in [4.69, 9.17) is 28.4 Å². The molecule has 7 aliphatic heterocycles. The SMILES string of the molecule is COc1c(C)cc2c(c1O)[C@@H]1[C@@H]3[C@@H]4SC[C@H](NC(=O)[C@@H]5CCCN5C(=O)OC(C)(C)C)C(=O)OC[C@@H](c5c6c(c(C)c(OC(C)=O)c54)OCO6)N3[C@@H](C#N)[C@H](C2)N1C. The molecule has 2 aromatic carbocycles. The van der Waals surface area contributed by atoms with Crippen LogP contribution in [-0.2, 0) is 30.3 Å². The number of likely N-dealkylation sites (N-methyl/N-ethyl adjacent to an activating group) is 1. The number of nitriles is 1. The monoisotopic (exact) mass is 819 g/mol. The summed E-state index contributed by atoms with van der Waals surface area (Å²) in [5.74, 6) is -0.292. The molecule has 4 bridgehead atoms. The van der Waals surface area contributed by atoms with Crippen LogP contribution in [0.4, 0.5) is 4.79 Å². The number of piperazine rings is 1. The van der Waals surface area contributed by atoms with E-state index in [0.29, 0.717) is 65.3 Å². The Balaban J connectivity index is 1.27. The van der Waals surface area contributed by atoms with E-state index < -0.39 is 71.0 Å². The van der Waals surface area contributed by atoms with Gasteiger partial charge in [0.15, 0.2) is 23.0 Å². The van der Waals surface area contributed by atoms with Crippen LogP contribution in [0.15, 0.2) is 6.07 Å². The summed E-state index contributed by atoms with van der Waals surface area (Å²) < 4.78 is 35.7. The molecule has 8 atom stereocenters. The van der Waals surface area contributed by atoms with E-state index in [2.05, 4.69) is 21.2 Å². The minimum Gasteiger partial charge on any atom is -0.504 e. The number of hydrogen-bond donors (Lipinski definition) is 2. The van der Waals surface area contributed by atoms with E-state index in [1.807, 2.05) is 20.0 Å². The Labute approximate surface area is 341 Å². The molecule has 0 saturated carbocycles. The van der Waals surface area contributed by atoms with Crippen LogP contribution in [0.1, 0.15) is 91.3 Å².